The van der Waals surface area contributed by atoms with Crippen LogP contribution in [0.1, 0.15) is 51.9 Å². The van der Waals surface area contributed by atoms with Gasteiger partial charge in [0.1, 0.15) is 0 Å². The van der Waals surface area contributed by atoms with E-state index in [9.17, 15) is 0 Å². The summed E-state index contributed by atoms with van der Waals surface area (Å²) in [4.78, 5) is 0. The SMILES string of the molecule is CC(CCO)SC1CCCCCC1. The van der Waals surface area contributed by atoms with Gasteiger partial charge in [0.25, 0.3) is 0 Å². The second-order valence-electron chi connectivity index (χ2n) is 4.07. The van der Waals surface area contributed by atoms with Crippen molar-refractivity contribution in [2.45, 2.75) is 62.4 Å². The molecule has 0 amide bonds. The van der Waals surface area contributed by atoms with Crippen molar-refractivity contribution in [1.29, 1.82) is 0 Å². The molecule has 1 unspecified atom stereocenters. The zero-order valence-electron chi connectivity index (χ0n) is 8.67. The van der Waals surface area contributed by atoms with E-state index >= 15 is 0 Å². The summed E-state index contributed by atoms with van der Waals surface area (Å²) in [6, 6.07) is 0. The van der Waals surface area contributed by atoms with Crippen LogP contribution in [-0.4, -0.2) is 22.2 Å². The van der Waals surface area contributed by atoms with Crippen molar-refractivity contribution in [1.82, 2.24) is 0 Å². The van der Waals surface area contributed by atoms with Gasteiger partial charge in [-0.1, -0.05) is 32.6 Å². The third-order valence-electron chi connectivity index (χ3n) is 2.76. The first kappa shape index (κ1) is 11.4. The Morgan fingerprint density at radius 2 is 1.85 bits per heavy atom. The summed E-state index contributed by atoms with van der Waals surface area (Å²) in [5, 5.41) is 10.3. The van der Waals surface area contributed by atoms with Crippen molar-refractivity contribution >= 4 is 11.8 Å². The maximum Gasteiger partial charge on any atom is 0.0441 e. The van der Waals surface area contributed by atoms with Crippen molar-refractivity contribution in [2.24, 2.45) is 0 Å². The molecule has 1 rings (SSSR count). The molecular weight excluding hydrogens is 180 g/mol. The first-order valence-electron chi connectivity index (χ1n) is 5.59. The van der Waals surface area contributed by atoms with Gasteiger partial charge in [-0.15, -0.1) is 0 Å². The van der Waals surface area contributed by atoms with Crippen LogP contribution < -0.4 is 0 Å². The lowest BCUT2D eigenvalue weighted by Gasteiger charge is -2.18. The molecule has 0 aromatic rings. The molecule has 0 spiro atoms. The molecule has 0 aromatic heterocycles. The summed E-state index contributed by atoms with van der Waals surface area (Å²) in [6.45, 7) is 2.59. The fourth-order valence-electron chi connectivity index (χ4n) is 1.96. The zero-order chi connectivity index (χ0) is 9.52. The molecule has 0 bridgehead atoms. The predicted octanol–water partition coefficient (Wildman–Crippen LogP) is 3.21. The standard InChI is InChI=1S/C11H22OS/c1-10(8-9-12)13-11-6-4-2-3-5-7-11/h10-12H,2-9H2,1H3. The van der Waals surface area contributed by atoms with Gasteiger partial charge in [0.2, 0.25) is 0 Å². The molecule has 0 aliphatic heterocycles. The van der Waals surface area contributed by atoms with E-state index in [0.717, 1.165) is 11.7 Å². The third-order valence-corrected chi connectivity index (χ3v) is 4.32. The van der Waals surface area contributed by atoms with Gasteiger partial charge in [0.05, 0.1) is 0 Å². The topological polar surface area (TPSA) is 20.2 Å². The third kappa shape index (κ3) is 4.92. The van der Waals surface area contributed by atoms with E-state index < -0.39 is 0 Å². The van der Waals surface area contributed by atoms with E-state index in [1.165, 1.54) is 38.5 Å². The van der Waals surface area contributed by atoms with Crippen LogP contribution in [0.3, 0.4) is 0 Å². The second-order valence-corrected chi connectivity index (χ2v) is 5.82. The highest BCUT2D eigenvalue weighted by molar-refractivity contribution is 8.00. The Hall–Kier alpha value is 0.310. The Morgan fingerprint density at radius 3 is 2.38 bits per heavy atom. The fraction of sp³-hybridized carbons (Fsp3) is 1.00. The van der Waals surface area contributed by atoms with Crippen LogP contribution in [0.15, 0.2) is 0 Å². The summed E-state index contributed by atoms with van der Waals surface area (Å²) < 4.78 is 0. The number of thioether (sulfide) groups is 1. The lowest BCUT2D eigenvalue weighted by atomic mass is 10.2. The molecular formula is C11H22OS. The molecule has 1 atom stereocenters. The van der Waals surface area contributed by atoms with Crippen LogP contribution in [0.2, 0.25) is 0 Å². The number of aliphatic hydroxyl groups excluding tert-OH is 1. The van der Waals surface area contributed by atoms with E-state index in [4.69, 9.17) is 5.11 Å². The molecule has 0 aromatic carbocycles. The van der Waals surface area contributed by atoms with Gasteiger partial charge in [0, 0.05) is 17.1 Å². The molecule has 1 nitrogen and oxygen atoms in total. The van der Waals surface area contributed by atoms with Gasteiger partial charge in [-0.05, 0) is 19.3 Å². The Kier molecular flexibility index (Phi) is 5.88. The minimum absolute atomic E-state index is 0.348. The molecule has 0 saturated heterocycles. The quantitative estimate of drug-likeness (QED) is 0.706. The van der Waals surface area contributed by atoms with E-state index in [1.807, 2.05) is 0 Å². The van der Waals surface area contributed by atoms with E-state index in [1.54, 1.807) is 0 Å². The molecule has 1 N–H and O–H groups in total. The Bertz CT molecular complexity index is 119. The summed E-state index contributed by atoms with van der Waals surface area (Å²) in [5.41, 5.74) is 0. The second kappa shape index (κ2) is 6.72. The minimum Gasteiger partial charge on any atom is -0.396 e. The Balaban J connectivity index is 2.17. The highest BCUT2D eigenvalue weighted by Crippen LogP contribution is 2.30. The first-order chi connectivity index (χ1) is 6.33. The molecule has 13 heavy (non-hydrogen) atoms. The highest BCUT2D eigenvalue weighted by Gasteiger charge is 2.15. The normalized spacial score (nSPS) is 22.6. The molecule has 1 fully saturated rings. The van der Waals surface area contributed by atoms with E-state index in [-0.39, 0.29) is 0 Å². The number of rotatable bonds is 4. The summed E-state index contributed by atoms with van der Waals surface area (Å²) in [7, 11) is 0. The van der Waals surface area contributed by atoms with Crippen LogP contribution in [0, 0.1) is 0 Å². The van der Waals surface area contributed by atoms with Crippen molar-refractivity contribution < 1.29 is 5.11 Å². The molecule has 1 aliphatic rings. The zero-order valence-corrected chi connectivity index (χ0v) is 9.48. The minimum atomic E-state index is 0.348. The maximum absolute atomic E-state index is 8.81. The van der Waals surface area contributed by atoms with Gasteiger partial charge < -0.3 is 5.11 Å². The van der Waals surface area contributed by atoms with Gasteiger partial charge in [-0.3, -0.25) is 0 Å². The number of hydrogen-bond donors (Lipinski definition) is 1. The highest BCUT2D eigenvalue weighted by atomic mass is 32.2. The summed E-state index contributed by atoms with van der Waals surface area (Å²) in [5.74, 6) is 0. The van der Waals surface area contributed by atoms with Crippen molar-refractivity contribution in [3.8, 4) is 0 Å². The molecule has 2 heteroatoms. The van der Waals surface area contributed by atoms with E-state index in [2.05, 4.69) is 18.7 Å². The van der Waals surface area contributed by atoms with Crippen molar-refractivity contribution in [3.63, 3.8) is 0 Å². The Morgan fingerprint density at radius 1 is 1.23 bits per heavy atom. The van der Waals surface area contributed by atoms with Crippen LogP contribution in [0.4, 0.5) is 0 Å². The van der Waals surface area contributed by atoms with E-state index in [0.29, 0.717) is 11.9 Å². The molecule has 0 radical (unpaired) electrons. The van der Waals surface area contributed by atoms with Crippen molar-refractivity contribution in [2.75, 3.05) is 6.61 Å². The average molecular weight is 202 g/mol. The van der Waals surface area contributed by atoms with Gasteiger partial charge in [0.15, 0.2) is 0 Å². The summed E-state index contributed by atoms with van der Waals surface area (Å²) >= 11 is 2.10. The lowest BCUT2D eigenvalue weighted by molar-refractivity contribution is 0.288. The number of hydrogen-bond acceptors (Lipinski definition) is 2. The largest absolute Gasteiger partial charge is 0.396 e. The van der Waals surface area contributed by atoms with Crippen molar-refractivity contribution in [3.05, 3.63) is 0 Å². The average Bonchev–Trinajstić information content (AvgIpc) is 2.33. The molecule has 0 heterocycles. The van der Waals surface area contributed by atoms with Crippen LogP contribution in [0.5, 0.6) is 0 Å². The van der Waals surface area contributed by atoms with Crippen LogP contribution in [-0.2, 0) is 0 Å². The van der Waals surface area contributed by atoms with Gasteiger partial charge in [-0.2, -0.15) is 11.8 Å². The summed E-state index contributed by atoms with van der Waals surface area (Å²) in [6.07, 6.45) is 9.48. The monoisotopic (exact) mass is 202 g/mol. The van der Waals surface area contributed by atoms with Gasteiger partial charge >= 0.3 is 0 Å². The van der Waals surface area contributed by atoms with Gasteiger partial charge in [-0.25, -0.2) is 0 Å². The maximum atomic E-state index is 8.81. The number of aliphatic hydroxyl groups is 1. The first-order valence-corrected chi connectivity index (χ1v) is 6.53. The molecule has 78 valence electrons. The lowest BCUT2D eigenvalue weighted by Crippen LogP contribution is -2.08. The smallest absolute Gasteiger partial charge is 0.0441 e. The van der Waals surface area contributed by atoms with Crippen LogP contribution >= 0.6 is 11.8 Å². The fourth-order valence-corrected chi connectivity index (χ4v) is 3.46. The predicted molar refractivity (Wildman–Crippen MR) is 60.2 cm³/mol. The molecule has 1 saturated carbocycles. The molecule has 1 aliphatic carbocycles. The van der Waals surface area contributed by atoms with Crippen LogP contribution in [0.25, 0.3) is 0 Å². The Labute approximate surface area is 86.3 Å².